The average molecular weight is 362 g/mol. The summed E-state index contributed by atoms with van der Waals surface area (Å²) in [5.41, 5.74) is -0.651. The minimum atomic E-state index is -1.08. The molecule has 0 saturated heterocycles. The highest BCUT2D eigenvalue weighted by molar-refractivity contribution is 14.1. The lowest BCUT2D eigenvalue weighted by atomic mass is 9.85. The Bertz CT molecular complexity index is 480. The minimum absolute atomic E-state index is 0.0568. The van der Waals surface area contributed by atoms with Crippen molar-refractivity contribution in [1.82, 2.24) is 0 Å². The van der Waals surface area contributed by atoms with E-state index in [0.29, 0.717) is 11.3 Å². The fourth-order valence-electron chi connectivity index (χ4n) is 1.47. The number of rotatable bonds is 5. The van der Waals surface area contributed by atoms with Crippen LogP contribution in [0.3, 0.4) is 0 Å². The van der Waals surface area contributed by atoms with Gasteiger partial charge in [-0.3, -0.25) is 9.59 Å². The summed E-state index contributed by atoms with van der Waals surface area (Å²) in [7, 11) is 1.49. The largest absolute Gasteiger partial charge is 0.496 e. The molecule has 98 valence electrons. The minimum Gasteiger partial charge on any atom is -0.496 e. The smallest absolute Gasteiger partial charge is 0.309 e. The first-order valence-electron chi connectivity index (χ1n) is 5.38. The molecule has 1 N–H and O–H groups in total. The molecule has 0 bridgehead atoms. The zero-order valence-corrected chi connectivity index (χ0v) is 12.6. The third-order valence-corrected chi connectivity index (χ3v) is 3.31. The van der Waals surface area contributed by atoms with Crippen molar-refractivity contribution in [2.45, 2.75) is 20.3 Å². The molecular formula is C13H15IO4. The van der Waals surface area contributed by atoms with Gasteiger partial charge in [-0.25, -0.2) is 0 Å². The van der Waals surface area contributed by atoms with E-state index in [1.54, 1.807) is 12.1 Å². The fourth-order valence-corrected chi connectivity index (χ4v) is 1.96. The lowest BCUT2D eigenvalue weighted by molar-refractivity contribution is -0.146. The van der Waals surface area contributed by atoms with Crippen molar-refractivity contribution in [3.8, 4) is 5.75 Å². The van der Waals surface area contributed by atoms with Crippen LogP contribution in [0.5, 0.6) is 5.75 Å². The van der Waals surface area contributed by atoms with Crippen molar-refractivity contribution < 1.29 is 19.4 Å². The number of methoxy groups -OCH3 is 1. The topological polar surface area (TPSA) is 63.6 Å². The number of carboxylic acid groups (broad SMARTS) is 1. The Morgan fingerprint density at radius 2 is 2.00 bits per heavy atom. The molecular weight excluding hydrogens is 347 g/mol. The van der Waals surface area contributed by atoms with E-state index in [0.717, 1.165) is 3.57 Å². The van der Waals surface area contributed by atoms with E-state index in [4.69, 9.17) is 9.84 Å². The average Bonchev–Trinajstić information content (AvgIpc) is 2.28. The van der Waals surface area contributed by atoms with E-state index in [1.165, 1.54) is 21.0 Å². The van der Waals surface area contributed by atoms with Gasteiger partial charge in [0.1, 0.15) is 5.75 Å². The van der Waals surface area contributed by atoms with Gasteiger partial charge in [-0.1, -0.05) is 0 Å². The number of benzene rings is 1. The Labute approximate surface area is 119 Å². The Hall–Kier alpha value is -1.11. The van der Waals surface area contributed by atoms with Crippen molar-refractivity contribution in [2.75, 3.05) is 7.11 Å². The van der Waals surface area contributed by atoms with Crippen molar-refractivity contribution in [3.05, 3.63) is 27.3 Å². The molecule has 0 aliphatic heterocycles. The SMILES string of the molecule is COc1ccc(I)cc1C(=O)CC(C)(C)C(=O)O. The second-order valence-electron chi connectivity index (χ2n) is 4.63. The van der Waals surface area contributed by atoms with Crippen LogP contribution in [-0.2, 0) is 4.79 Å². The maximum Gasteiger partial charge on any atom is 0.309 e. The van der Waals surface area contributed by atoms with Gasteiger partial charge in [-0.2, -0.15) is 0 Å². The first-order valence-corrected chi connectivity index (χ1v) is 6.46. The van der Waals surface area contributed by atoms with Crippen molar-refractivity contribution in [3.63, 3.8) is 0 Å². The van der Waals surface area contributed by atoms with Crippen molar-refractivity contribution >= 4 is 34.3 Å². The normalized spacial score (nSPS) is 11.1. The highest BCUT2D eigenvalue weighted by Gasteiger charge is 2.31. The Morgan fingerprint density at radius 1 is 1.39 bits per heavy atom. The van der Waals surface area contributed by atoms with E-state index < -0.39 is 11.4 Å². The number of hydrogen-bond acceptors (Lipinski definition) is 3. The maximum absolute atomic E-state index is 12.2. The van der Waals surface area contributed by atoms with Crippen LogP contribution in [0.15, 0.2) is 18.2 Å². The van der Waals surface area contributed by atoms with Gasteiger partial charge >= 0.3 is 5.97 Å². The van der Waals surface area contributed by atoms with Gasteiger partial charge in [-0.05, 0) is 54.6 Å². The van der Waals surface area contributed by atoms with Gasteiger partial charge in [0.05, 0.1) is 18.1 Å². The molecule has 1 aromatic carbocycles. The number of ketones is 1. The molecule has 5 heteroatoms. The van der Waals surface area contributed by atoms with E-state index in [-0.39, 0.29) is 12.2 Å². The van der Waals surface area contributed by atoms with Crippen LogP contribution >= 0.6 is 22.6 Å². The predicted molar refractivity (Wildman–Crippen MR) is 76.1 cm³/mol. The van der Waals surface area contributed by atoms with Gasteiger partial charge in [-0.15, -0.1) is 0 Å². The van der Waals surface area contributed by atoms with Crippen molar-refractivity contribution in [1.29, 1.82) is 0 Å². The molecule has 0 aliphatic rings. The van der Waals surface area contributed by atoms with Crippen LogP contribution < -0.4 is 4.74 Å². The summed E-state index contributed by atoms with van der Waals surface area (Å²) in [5, 5.41) is 9.03. The van der Waals surface area contributed by atoms with Crippen LogP contribution in [0, 0.1) is 8.99 Å². The zero-order chi connectivity index (χ0) is 13.9. The van der Waals surface area contributed by atoms with Crippen LogP contribution in [0.2, 0.25) is 0 Å². The molecule has 1 aromatic rings. The number of hydrogen-bond donors (Lipinski definition) is 1. The lowest BCUT2D eigenvalue weighted by Crippen LogP contribution is -2.27. The standard InChI is InChI=1S/C13H15IO4/c1-13(2,12(16)17)7-10(15)9-6-8(14)4-5-11(9)18-3/h4-6H,7H2,1-3H3,(H,16,17). The Morgan fingerprint density at radius 3 is 2.50 bits per heavy atom. The van der Waals surface area contributed by atoms with Gasteiger partial charge < -0.3 is 9.84 Å². The highest BCUT2D eigenvalue weighted by Crippen LogP contribution is 2.28. The molecule has 0 unspecified atom stereocenters. The molecule has 18 heavy (non-hydrogen) atoms. The van der Waals surface area contributed by atoms with Crippen LogP contribution in [0.1, 0.15) is 30.6 Å². The molecule has 0 aromatic heterocycles. The Kier molecular flexibility index (Phi) is 4.72. The van der Waals surface area contributed by atoms with Crippen LogP contribution in [0.4, 0.5) is 0 Å². The fraction of sp³-hybridized carbons (Fsp3) is 0.385. The van der Waals surface area contributed by atoms with Gasteiger partial charge in [0.25, 0.3) is 0 Å². The molecule has 0 radical (unpaired) electrons. The molecule has 0 amide bonds. The summed E-state index contributed by atoms with van der Waals surface area (Å²) in [4.78, 5) is 23.2. The van der Waals surface area contributed by atoms with Gasteiger partial charge in [0.15, 0.2) is 5.78 Å². The van der Waals surface area contributed by atoms with E-state index >= 15 is 0 Å². The van der Waals surface area contributed by atoms with Crippen LogP contribution in [0.25, 0.3) is 0 Å². The third-order valence-electron chi connectivity index (χ3n) is 2.64. The van der Waals surface area contributed by atoms with Gasteiger partial charge in [0.2, 0.25) is 0 Å². The molecule has 0 aliphatic carbocycles. The first kappa shape index (κ1) is 14.9. The highest BCUT2D eigenvalue weighted by atomic mass is 127. The number of ether oxygens (including phenoxy) is 1. The third kappa shape index (κ3) is 3.44. The maximum atomic E-state index is 12.2. The molecule has 4 nitrogen and oxygen atoms in total. The Balaban J connectivity index is 3.04. The summed E-state index contributed by atoms with van der Waals surface area (Å²) >= 11 is 2.10. The summed E-state index contributed by atoms with van der Waals surface area (Å²) in [5.74, 6) is -0.736. The van der Waals surface area contributed by atoms with E-state index in [1.807, 2.05) is 6.07 Å². The number of carbonyl (C=O) groups is 2. The molecule has 0 saturated carbocycles. The molecule has 0 spiro atoms. The first-order chi connectivity index (χ1) is 8.27. The van der Waals surface area contributed by atoms with Gasteiger partial charge in [0, 0.05) is 9.99 Å². The number of halogens is 1. The predicted octanol–water partition coefficient (Wildman–Crippen LogP) is 2.98. The van der Waals surface area contributed by atoms with E-state index in [9.17, 15) is 9.59 Å². The second kappa shape index (κ2) is 5.69. The molecule has 0 fully saturated rings. The molecule has 1 rings (SSSR count). The monoisotopic (exact) mass is 362 g/mol. The number of carbonyl (C=O) groups excluding carboxylic acids is 1. The summed E-state index contributed by atoms with van der Waals surface area (Å²) in [6, 6.07) is 5.25. The summed E-state index contributed by atoms with van der Waals surface area (Å²) in [6.07, 6.45) is -0.0568. The molecule has 0 heterocycles. The van der Waals surface area contributed by atoms with E-state index in [2.05, 4.69) is 22.6 Å². The molecule has 0 atom stereocenters. The second-order valence-corrected chi connectivity index (χ2v) is 5.88. The summed E-state index contributed by atoms with van der Waals surface area (Å²) < 4.78 is 6.03. The van der Waals surface area contributed by atoms with Crippen molar-refractivity contribution in [2.24, 2.45) is 5.41 Å². The number of Topliss-reactive ketones (excluding diaryl/α,β-unsaturated/α-hetero) is 1. The number of aliphatic carboxylic acids is 1. The van der Waals surface area contributed by atoms with Crippen LogP contribution in [-0.4, -0.2) is 24.0 Å². The summed E-state index contributed by atoms with van der Waals surface area (Å²) in [6.45, 7) is 3.07. The number of carboxylic acids is 1. The lowest BCUT2D eigenvalue weighted by Gasteiger charge is -2.18. The zero-order valence-electron chi connectivity index (χ0n) is 10.5. The quantitative estimate of drug-likeness (QED) is 0.646.